The van der Waals surface area contributed by atoms with Crippen LogP contribution in [0.4, 0.5) is 0 Å². The van der Waals surface area contributed by atoms with Crippen LogP contribution in [0.25, 0.3) is 0 Å². The maximum Gasteiger partial charge on any atom is 0.223 e. The molecule has 2 N–H and O–H groups in total. The van der Waals surface area contributed by atoms with Crippen LogP contribution in [0, 0.1) is 23.2 Å². The molecular formula is C18H34N2O. The minimum atomic E-state index is 0.271. The summed E-state index contributed by atoms with van der Waals surface area (Å²) in [5.41, 5.74) is 0.398. The van der Waals surface area contributed by atoms with Gasteiger partial charge in [-0.2, -0.15) is 0 Å². The van der Waals surface area contributed by atoms with Gasteiger partial charge in [-0.15, -0.1) is 0 Å². The molecule has 122 valence electrons. The number of carbonyl (C=O) groups excluding carboxylic acids is 1. The normalized spacial score (nSPS) is 30.9. The van der Waals surface area contributed by atoms with E-state index in [4.69, 9.17) is 0 Å². The van der Waals surface area contributed by atoms with Crippen LogP contribution in [-0.2, 0) is 4.79 Å². The number of piperidine rings is 1. The monoisotopic (exact) mass is 294 g/mol. The second kappa shape index (κ2) is 7.62. The van der Waals surface area contributed by atoms with E-state index in [1.54, 1.807) is 0 Å². The van der Waals surface area contributed by atoms with E-state index in [2.05, 4.69) is 31.4 Å². The highest BCUT2D eigenvalue weighted by atomic mass is 16.1. The smallest absolute Gasteiger partial charge is 0.223 e. The summed E-state index contributed by atoms with van der Waals surface area (Å²) in [5, 5.41) is 6.63. The number of amides is 1. The quantitative estimate of drug-likeness (QED) is 0.835. The van der Waals surface area contributed by atoms with Gasteiger partial charge in [-0.1, -0.05) is 20.8 Å². The number of nitrogens with one attached hydrogen (secondary N) is 2. The third kappa shape index (κ3) is 5.28. The molecule has 0 bridgehead atoms. The van der Waals surface area contributed by atoms with Crippen LogP contribution in [0.15, 0.2) is 0 Å². The second-order valence-electron chi connectivity index (χ2n) is 8.21. The van der Waals surface area contributed by atoms with E-state index >= 15 is 0 Å². The van der Waals surface area contributed by atoms with E-state index in [0.29, 0.717) is 11.3 Å². The lowest BCUT2D eigenvalue weighted by molar-refractivity contribution is -0.126. The Kier molecular flexibility index (Phi) is 6.09. The van der Waals surface area contributed by atoms with Gasteiger partial charge in [0.15, 0.2) is 0 Å². The minimum absolute atomic E-state index is 0.271. The highest BCUT2D eigenvalue weighted by Gasteiger charge is 2.32. The fourth-order valence-electron chi connectivity index (χ4n) is 3.94. The van der Waals surface area contributed by atoms with Crippen LogP contribution < -0.4 is 10.6 Å². The number of hydrogen-bond acceptors (Lipinski definition) is 2. The predicted octanol–water partition coefficient (Wildman–Crippen LogP) is 3.34. The van der Waals surface area contributed by atoms with Gasteiger partial charge in [0, 0.05) is 12.5 Å². The Hall–Kier alpha value is -0.570. The summed E-state index contributed by atoms with van der Waals surface area (Å²) in [4.78, 5) is 12.3. The summed E-state index contributed by atoms with van der Waals surface area (Å²) in [6.45, 7) is 10.2. The zero-order chi connectivity index (χ0) is 15.3. The fraction of sp³-hybridized carbons (Fsp3) is 0.944. The number of rotatable bonds is 4. The summed E-state index contributed by atoms with van der Waals surface area (Å²) in [6, 6.07) is 0. The topological polar surface area (TPSA) is 41.1 Å². The lowest BCUT2D eigenvalue weighted by Crippen LogP contribution is -2.37. The SMILES string of the molecule is CC(C)(C)C1CCC(C(=O)NCCC2CCCNC2)CC1. The van der Waals surface area contributed by atoms with Gasteiger partial charge in [-0.05, 0) is 75.3 Å². The lowest BCUT2D eigenvalue weighted by Gasteiger charge is -2.36. The van der Waals surface area contributed by atoms with Crippen molar-refractivity contribution in [2.24, 2.45) is 23.2 Å². The van der Waals surface area contributed by atoms with Gasteiger partial charge in [-0.3, -0.25) is 4.79 Å². The minimum Gasteiger partial charge on any atom is -0.356 e. The zero-order valence-corrected chi connectivity index (χ0v) is 14.2. The summed E-state index contributed by atoms with van der Waals surface area (Å²) < 4.78 is 0. The molecular weight excluding hydrogens is 260 g/mol. The maximum absolute atomic E-state index is 12.3. The maximum atomic E-state index is 12.3. The molecule has 0 aromatic carbocycles. The highest BCUT2D eigenvalue weighted by Crippen LogP contribution is 2.39. The van der Waals surface area contributed by atoms with E-state index < -0.39 is 0 Å². The molecule has 21 heavy (non-hydrogen) atoms. The molecule has 0 radical (unpaired) electrons. The van der Waals surface area contributed by atoms with Gasteiger partial charge in [0.25, 0.3) is 0 Å². The molecule has 2 rings (SSSR count). The lowest BCUT2D eigenvalue weighted by atomic mass is 9.69. The van der Waals surface area contributed by atoms with Crippen LogP contribution in [0.3, 0.4) is 0 Å². The molecule has 1 atom stereocenters. The first kappa shape index (κ1) is 16.8. The van der Waals surface area contributed by atoms with E-state index in [-0.39, 0.29) is 5.92 Å². The van der Waals surface area contributed by atoms with Crippen molar-refractivity contribution in [2.75, 3.05) is 19.6 Å². The Morgan fingerprint density at radius 3 is 2.43 bits per heavy atom. The molecule has 1 saturated heterocycles. The van der Waals surface area contributed by atoms with E-state index in [9.17, 15) is 4.79 Å². The molecule has 3 heteroatoms. The van der Waals surface area contributed by atoms with Crippen molar-refractivity contribution >= 4 is 5.91 Å². The van der Waals surface area contributed by atoms with Crippen molar-refractivity contribution in [1.29, 1.82) is 0 Å². The second-order valence-corrected chi connectivity index (χ2v) is 8.21. The van der Waals surface area contributed by atoms with Crippen molar-refractivity contribution in [3.05, 3.63) is 0 Å². The summed E-state index contributed by atoms with van der Waals surface area (Å²) in [7, 11) is 0. The molecule has 1 saturated carbocycles. The molecule has 0 aromatic heterocycles. The zero-order valence-electron chi connectivity index (χ0n) is 14.2. The molecule has 2 aliphatic rings. The van der Waals surface area contributed by atoms with Crippen molar-refractivity contribution in [2.45, 2.75) is 65.7 Å². The van der Waals surface area contributed by atoms with Crippen molar-refractivity contribution in [1.82, 2.24) is 10.6 Å². The third-order valence-corrected chi connectivity index (χ3v) is 5.57. The Morgan fingerprint density at radius 2 is 1.86 bits per heavy atom. The van der Waals surface area contributed by atoms with Crippen molar-refractivity contribution in [3.63, 3.8) is 0 Å². The Morgan fingerprint density at radius 1 is 1.14 bits per heavy atom. The van der Waals surface area contributed by atoms with Crippen LogP contribution in [-0.4, -0.2) is 25.5 Å². The van der Waals surface area contributed by atoms with Gasteiger partial charge >= 0.3 is 0 Å². The Bertz CT molecular complexity index is 321. The van der Waals surface area contributed by atoms with Gasteiger partial charge < -0.3 is 10.6 Å². The van der Waals surface area contributed by atoms with Gasteiger partial charge in [0.1, 0.15) is 0 Å². The summed E-state index contributed by atoms with van der Waals surface area (Å²) in [6.07, 6.45) is 8.34. The molecule has 1 amide bonds. The average Bonchev–Trinajstić information content (AvgIpc) is 2.47. The first-order valence-electron chi connectivity index (χ1n) is 8.95. The van der Waals surface area contributed by atoms with Gasteiger partial charge in [-0.25, -0.2) is 0 Å². The number of carbonyl (C=O) groups is 1. The standard InChI is InChI=1S/C18H34N2O/c1-18(2,3)16-8-6-15(7-9-16)17(21)20-12-10-14-5-4-11-19-13-14/h14-16,19H,4-13H2,1-3H3,(H,20,21). The molecule has 2 fully saturated rings. The van der Waals surface area contributed by atoms with Crippen LogP contribution in [0.5, 0.6) is 0 Å². The molecule has 1 heterocycles. The fourth-order valence-corrected chi connectivity index (χ4v) is 3.94. The van der Waals surface area contributed by atoms with E-state index in [0.717, 1.165) is 44.2 Å². The first-order chi connectivity index (χ1) is 9.97. The molecule has 1 unspecified atom stereocenters. The van der Waals surface area contributed by atoms with Crippen LogP contribution >= 0.6 is 0 Å². The first-order valence-corrected chi connectivity index (χ1v) is 8.95. The molecule has 1 aliphatic heterocycles. The van der Waals surface area contributed by atoms with E-state index in [1.165, 1.54) is 32.2 Å². The molecule has 1 aliphatic carbocycles. The molecule has 3 nitrogen and oxygen atoms in total. The third-order valence-electron chi connectivity index (χ3n) is 5.57. The highest BCUT2D eigenvalue weighted by molar-refractivity contribution is 5.78. The Labute approximate surface area is 130 Å². The van der Waals surface area contributed by atoms with Gasteiger partial charge in [0.2, 0.25) is 5.91 Å². The largest absolute Gasteiger partial charge is 0.356 e. The van der Waals surface area contributed by atoms with Gasteiger partial charge in [0.05, 0.1) is 0 Å². The van der Waals surface area contributed by atoms with Crippen LogP contribution in [0.2, 0.25) is 0 Å². The molecule has 0 spiro atoms. The van der Waals surface area contributed by atoms with E-state index in [1.807, 2.05) is 0 Å². The van der Waals surface area contributed by atoms with Crippen molar-refractivity contribution < 1.29 is 4.79 Å². The van der Waals surface area contributed by atoms with Crippen molar-refractivity contribution in [3.8, 4) is 0 Å². The predicted molar refractivity (Wildman–Crippen MR) is 88.1 cm³/mol. The number of hydrogen-bond donors (Lipinski definition) is 2. The molecule has 0 aromatic rings. The van der Waals surface area contributed by atoms with Crippen LogP contribution in [0.1, 0.15) is 65.7 Å². The summed E-state index contributed by atoms with van der Waals surface area (Å²) >= 11 is 0. The Balaban J connectivity index is 1.63. The average molecular weight is 294 g/mol. The summed E-state index contributed by atoms with van der Waals surface area (Å²) in [5.74, 6) is 2.13.